The molecule has 0 bridgehead atoms. The molecule has 1 aromatic heterocycles. The highest BCUT2D eigenvalue weighted by atomic mass is 35.5. The number of imidazole rings is 1. The molecule has 1 saturated heterocycles. The van der Waals surface area contributed by atoms with Crippen LogP contribution in [0.15, 0.2) is 6.20 Å². The first-order valence-electron chi connectivity index (χ1n) is 8.02. The second-order valence-electron chi connectivity index (χ2n) is 7.32. The van der Waals surface area contributed by atoms with Crippen LogP contribution in [-0.4, -0.2) is 45.3 Å². The number of likely N-dealkylation sites (tertiary alicyclic amines) is 1. The summed E-state index contributed by atoms with van der Waals surface area (Å²) in [4.78, 5) is 18.5. The molecule has 0 spiro atoms. The van der Waals surface area contributed by atoms with Gasteiger partial charge in [-0.25, -0.2) is 9.78 Å². The zero-order valence-corrected chi connectivity index (χ0v) is 15.4. The summed E-state index contributed by atoms with van der Waals surface area (Å²) in [6, 6.07) is 0.455. The number of carbonyl (C=O) groups excluding carboxylic acids is 1. The maximum atomic E-state index is 11.7. The summed E-state index contributed by atoms with van der Waals surface area (Å²) in [6.07, 6.45) is 2.38. The number of nitrogens with zero attached hydrogens (tertiary/aromatic N) is 3. The van der Waals surface area contributed by atoms with Crippen molar-refractivity contribution in [1.82, 2.24) is 19.8 Å². The van der Waals surface area contributed by atoms with E-state index in [0.29, 0.717) is 23.7 Å². The Morgan fingerprint density at radius 2 is 2.22 bits per heavy atom. The Labute approximate surface area is 143 Å². The standard InChI is InChI=1S/C16H27ClN4O2/c1-11-6-12(7-19-15(22)23-16(2,3)4)9-21(11)10-14-18-8-13(17)20(14)5/h8,11-12H,6-7,9-10H2,1-5H3,(H,19,22)/t11-,12-/m1/s1. The molecule has 2 heterocycles. The summed E-state index contributed by atoms with van der Waals surface area (Å²) in [6.45, 7) is 10.1. The summed E-state index contributed by atoms with van der Waals surface area (Å²) in [5.74, 6) is 1.39. The van der Waals surface area contributed by atoms with Crippen molar-refractivity contribution in [1.29, 1.82) is 0 Å². The zero-order chi connectivity index (χ0) is 17.2. The quantitative estimate of drug-likeness (QED) is 0.914. The van der Waals surface area contributed by atoms with Crippen molar-refractivity contribution >= 4 is 17.7 Å². The Kier molecular flexibility index (Phi) is 5.57. The first kappa shape index (κ1) is 18.1. The van der Waals surface area contributed by atoms with Crippen LogP contribution in [0.1, 0.15) is 39.9 Å². The van der Waals surface area contributed by atoms with Gasteiger partial charge in [0.2, 0.25) is 0 Å². The normalized spacial score (nSPS) is 22.3. The minimum Gasteiger partial charge on any atom is -0.444 e. The highest BCUT2D eigenvalue weighted by Crippen LogP contribution is 2.24. The molecule has 130 valence electrons. The molecule has 0 aliphatic carbocycles. The van der Waals surface area contributed by atoms with Crippen LogP contribution in [0.3, 0.4) is 0 Å². The van der Waals surface area contributed by atoms with Crippen LogP contribution in [0.25, 0.3) is 0 Å². The molecule has 0 radical (unpaired) electrons. The summed E-state index contributed by atoms with van der Waals surface area (Å²) in [7, 11) is 1.92. The average Bonchev–Trinajstić information content (AvgIpc) is 2.92. The van der Waals surface area contributed by atoms with Crippen LogP contribution in [0, 0.1) is 5.92 Å². The van der Waals surface area contributed by atoms with Gasteiger partial charge in [-0.15, -0.1) is 0 Å². The Balaban J connectivity index is 1.82. The van der Waals surface area contributed by atoms with Crippen LogP contribution in [-0.2, 0) is 18.3 Å². The number of alkyl carbamates (subject to hydrolysis) is 1. The number of hydrogen-bond donors (Lipinski definition) is 1. The Morgan fingerprint density at radius 1 is 1.52 bits per heavy atom. The van der Waals surface area contributed by atoms with Crippen molar-refractivity contribution in [3.05, 3.63) is 17.2 Å². The molecule has 2 atom stereocenters. The molecule has 0 aromatic carbocycles. The van der Waals surface area contributed by atoms with Gasteiger partial charge in [0.05, 0.1) is 12.7 Å². The van der Waals surface area contributed by atoms with E-state index in [2.05, 4.69) is 22.1 Å². The van der Waals surface area contributed by atoms with Crippen LogP contribution in [0.5, 0.6) is 0 Å². The van der Waals surface area contributed by atoms with E-state index >= 15 is 0 Å². The molecule has 1 N–H and O–H groups in total. The number of rotatable bonds is 4. The fraction of sp³-hybridized carbons (Fsp3) is 0.750. The lowest BCUT2D eigenvalue weighted by Crippen LogP contribution is -2.36. The van der Waals surface area contributed by atoms with E-state index in [1.54, 1.807) is 6.20 Å². The molecule has 1 fully saturated rings. The van der Waals surface area contributed by atoms with E-state index in [-0.39, 0.29) is 6.09 Å². The first-order valence-corrected chi connectivity index (χ1v) is 8.40. The van der Waals surface area contributed by atoms with Gasteiger partial charge >= 0.3 is 6.09 Å². The smallest absolute Gasteiger partial charge is 0.407 e. The second-order valence-corrected chi connectivity index (χ2v) is 7.71. The molecular weight excluding hydrogens is 316 g/mol. The SMILES string of the molecule is C[C@@H]1C[C@H](CNC(=O)OC(C)(C)C)CN1Cc1ncc(Cl)n1C. The number of amides is 1. The maximum absolute atomic E-state index is 11.7. The van der Waals surface area contributed by atoms with Gasteiger partial charge in [0.1, 0.15) is 16.6 Å². The molecule has 23 heavy (non-hydrogen) atoms. The van der Waals surface area contributed by atoms with Crippen molar-refractivity contribution in [2.45, 2.75) is 52.3 Å². The fourth-order valence-electron chi connectivity index (χ4n) is 2.88. The number of nitrogens with one attached hydrogen (secondary N) is 1. The summed E-state index contributed by atoms with van der Waals surface area (Å²) >= 11 is 6.04. The largest absolute Gasteiger partial charge is 0.444 e. The van der Waals surface area contributed by atoms with Crippen molar-refractivity contribution in [3.8, 4) is 0 Å². The molecule has 0 saturated carbocycles. The summed E-state index contributed by atoms with van der Waals surface area (Å²) in [5, 5.41) is 3.52. The number of halogens is 1. The van der Waals surface area contributed by atoms with Crippen molar-refractivity contribution in [2.24, 2.45) is 13.0 Å². The fourth-order valence-corrected chi connectivity index (χ4v) is 3.03. The molecule has 2 rings (SSSR count). The van der Waals surface area contributed by atoms with Gasteiger partial charge in [0.15, 0.2) is 0 Å². The van der Waals surface area contributed by atoms with Gasteiger partial charge in [-0.05, 0) is 40.0 Å². The Hall–Kier alpha value is -1.27. The molecular formula is C16H27ClN4O2. The van der Waals surface area contributed by atoms with Gasteiger partial charge in [-0.2, -0.15) is 0 Å². The van der Waals surface area contributed by atoms with Crippen molar-refractivity contribution < 1.29 is 9.53 Å². The summed E-state index contributed by atoms with van der Waals surface area (Å²) in [5.41, 5.74) is -0.462. The van der Waals surface area contributed by atoms with Crippen molar-refractivity contribution in [2.75, 3.05) is 13.1 Å². The molecule has 1 aromatic rings. The van der Waals surface area contributed by atoms with Gasteiger partial charge < -0.3 is 14.6 Å². The monoisotopic (exact) mass is 342 g/mol. The van der Waals surface area contributed by atoms with E-state index < -0.39 is 5.60 Å². The first-order chi connectivity index (χ1) is 10.7. The highest BCUT2D eigenvalue weighted by Gasteiger charge is 2.30. The molecule has 1 amide bonds. The second kappa shape index (κ2) is 7.09. The van der Waals surface area contributed by atoms with Crippen molar-refractivity contribution in [3.63, 3.8) is 0 Å². The van der Waals surface area contributed by atoms with Crippen LogP contribution < -0.4 is 5.32 Å². The van der Waals surface area contributed by atoms with Crippen LogP contribution >= 0.6 is 11.6 Å². The third kappa shape index (κ3) is 5.11. The number of carbonyl (C=O) groups is 1. The lowest BCUT2D eigenvalue weighted by atomic mass is 10.1. The predicted molar refractivity (Wildman–Crippen MR) is 90.4 cm³/mol. The third-order valence-corrected chi connectivity index (χ3v) is 4.45. The average molecular weight is 343 g/mol. The van der Waals surface area contributed by atoms with E-state index in [9.17, 15) is 4.79 Å². The van der Waals surface area contributed by atoms with Gasteiger partial charge in [-0.3, -0.25) is 4.90 Å². The Bertz CT molecular complexity index is 553. The lowest BCUT2D eigenvalue weighted by molar-refractivity contribution is 0.0519. The van der Waals surface area contributed by atoms with Gasteiger partial charge in [0, 0.05) is 26.2 Å². The molecule has 6 nitrogen and oxygen atoms in total. The third-order valence-electron chi connectivity index (χ3n) is 4.10. The van der Waals surface area contributed by atoms with Gasteiger partial charge in [-0.1, -0.05) is 11.6 Å². The number of ether oxygens (including phenoxy) is 1. The van der Waals surface area contributed by atoms with E-state index in [4.69, 9.17) is 16.3 Å². The van der Waals surface area contributed by atoms with E-state index in [1.807, 2.05) is 32.4 Å². The topological polar surface area (TPSA) is 59.4 Å². The highest BCUT2D eigenvalue weighted by molar-refractivity contribution is 6.29. The number of hydrogen-bond acceptors (Lipinski definition) is 4. The minimum atomic E-state index is -0.462. The molecule has 1 aliphatic heterocycles. The van der Waals surface area contributed by atoms with Gasteiger partial charge in [0.25, 0.3) is 0 Å². The van der Waals surface area contributed by atoms with Crippen LogP contribution in [0.4, 0.5) is 4.79 Å². The van der Waals surface area contributed by atoms with Crippen LogP contribution in [0.2, 0.25) is 5.15 Å². The maximum Gasteiger partial charge on any atom is 0.407 e. The lowest BCUT2D eigenvalue weighted by Gasteiger charge is -2.21. The predicted octanol–water partition coefficient (Wildman–Crippen LogP) is 2.81. The minimum absolute atomic E-state index is 0.348. The molecule has 7 heteroatoms. The molecule has 0 unspecified atom stereocenters. The molecule has 1 aliphatic rings. The van der Waals surface area contributed by atoms with E-state index in [1.165, 1.54) is 0 Å². The Morgan fingerprint density at radius 3 is 2.78 bits per heavy atom. The summed E-state index contributed by atoms with van der Waals surface area (Å²) < 4.78 is 7.18. The zero-order valence-electron chi connectivity index (χ0n) is 14.6. The number of aromatic nitrogens is 2. The van der Waals surface area contributed by atoms with E-state index in [0.717, 1.165) is 25.3 Å².